The van der Waals surface area contributed by atoms with Crippen LogP contribution in [0.4, 0.5) is 11.4 Å². The quantitative estimate of drug-likeness (QED) is 0.741. The fourth-order valence-corrected chi connectivity index (χ4v) is 1.28. The Kier molecular flexibility index (Phi) is 3.97. The molecule has 0 aliphatic carbocycles. The third-order valence-corrected chi connectivity index (χ3v) is 2.68. The van der Waals surface area contributed by atoms with Crippen LogP contribution in [0.15, 0.2) is 18.2 Å². The number of nitrogens with one attached hydrogen (secondary N) is 1. The molecule has 0 aliphatic heterocycles. The Labute approximate surface area is 92.3 Å². The zero-order valence-electron chi connectivity index (χ0n) is 10.0. The summed E-state index contributed by atoms with van der Waals surface area (Å²) in [6, 6.07) is 6.58. The van der Waals surface area contributed by atoms with E-state index in [0.717, 1.165) is 17.9 Å². The van der Waals surface area contributed by atoms with Crippen molar-refractivity contribution in [3.8, 4) is 0 Å². The van der Waals surface area contributed by atoms with Gasteiger partial charge < -0.3 is 16.0 Å². The lowest BCUT2D eigenvalue weighted by Crippen LogP contribution is -2.31. The van der Waals surface area contributed by atoms with Crippen LogP contribution in [-0.2, 0) is 0 Å². The molecule has 0 aliphatic rings. The summed E-state index contributed by atoms with van der Waals surface area (Å²) in [4.78, 5) is 2.18. The molecule has 84 valence electrons. The monoisotopic (exact) mass is 207 g/mol. The van der Waals surface area contributed by atoms with Gasteiger partial charge in [0.05, 0.1) is 11.4 Å². The second-order valence-electron chi connectivity index (χ2n) is 4.28. The first-order chi connectivity index (χ1) is 7.00. The summed E-state index contributed by atoms with van der Waals surface area (Å²) < 4.78 is 0. The number of nitrogens with two attached hydrogens (primary N) is 1. The van der Waals surface area contributed by atoms with E-state index in [9.17, 15) is 0 Å². The first kappa shape index (κ1) is 11.9. The maximum atomic E-state index is 5.91. The molecule has 0 heterocycles. The van der Waals surface area contributed by atoms with Gasteiger partial charge in [-0.1, -0.05) is 6.07 Å². The lowest BCUT2D eigenvalue weighted by atomic mass is 10.2. The van der Waals surface area contributed by atoms with Crippen molar-refractivity contribution in [2.75, 3.05) is 31.7 Å². The summed E-state index contributed by atoms with van der Waals surface area (Å²) in [5, 5.41) is 3.35. The normalized spacial score (nSPS) is 12.9. The van der Waals surface area contributed by atoms with Crippen molar-refractivity contribution in [3.63, 3.8) is 0 Å². The van der Waals surface area contributed by atoms with Crippen LogP contribution in [0.2, 0.25) is 0 Å². The van der Waals surface area contributed by atoms with Gasteiger partial charge in [-0.2, -0.15) is 0 Å². The van der Waals surface area contributed by atoms with Crippen LogP contribution in [0.1, 0.15) is 12.5 Å². The largest absolute Gasteiger partial charge is 0.397 e. The molecule has 1 atom stereocenters. The highest BCUT2D eigenvalue weighted by atomic mass is 15.1. The minimum absolute atomic E-state index is 0.491. The molecular formula is C12H21N3. The maximum absolute atomic E-state index is 5.91. The number of hydrogen-bond donors (Lipinski definition) is 2. The number of benzene rings is 1. The van der Waals surface area contributed by atoms with Crippen molar-refractivity contribution in [2.45, 2.75) is 19.9 Å². The number of likely N-dealkylation sites (N-methyl/N-ethyl adjacent to an activating group) is 1. The molecule has 0 saturated heterocycles. The summed E-state index contributed by atoms with van der Waals surface area (Å²) >= 11 is 0. The third-order valence-electron chi connectivity index (χ3n) is 2.68. The van der Waals surface area contributed by atoms with Gasteiger partial charge in [0.2, 0.25) is 0 Å². The van der Waals surface area contributed by atoms with Crippen molar-refractivity contribution >= 4 is 11.4 Å². The van der Waals surface area contributed by atoms with Gasteiger partial charge in [-0.3, -0.25) is 0 Å². The fraction of sp³-hybridized carbons (Fsp3) is 0.500. The first-order valence-electron chi connectivity index (χ1n) is 5.27. The average molecular weight is 207 g/mol. The molecule has 0 saturated carbocycles. The van der Waals surface area contributed by atoms with Crippen LogP contribution < -0.4 is 11.1 Å². The number of nitrogen functional groups attached to an aromatic ring is 1. The van der Waals surface area contributed by atoms with Crippen molar-refractivity contribution < 1.29 is 0 Å². The van der Waals surface area contributed by atoms with E-state index in [1.165, 1.54) is 5.56 Å². The SMILES string of the molecule is Cc1ccc(NCC(C)N(C)C)c(N)c1. The lowest BCUT2D eigenvalue weighted by Gasteiger charge is -2.21. The molecule has 0 amide bonds. The molecule has 3 heteroatoms. The zero-order chi connectivity index (χ0) is 11.4. The first-order valence-corrected chi connectivity index (χ1v) is 5.27. The molecular weight excluding hydrogens is 186 g/mol. The average Bonchev–Trinajstić information content (AvgIpc) is 2.15. The van der Waals surface area contributed by atoms with Gasteiger partial charge in [0, 0.05) is 12.6 Å². The summed E-state index contributed by atoms with van der Waals surface area (Å²) in [5.41, 5.74) is 8.94. The van der Waals surface area contributed by atoms with E-state index >= 15 is 0 Å². The van der Waals surface area contributed by atoms with Crippen LogP contribution in [0, 0.1) is 6.92 Å². The Balaban J connectivity index is 2.58. The summed E-state index contributed by atoms with van der Waals surface area (Å²) in [5.74, 6) is 0. The number of anilines is 2. The smallest absolute Gasteiger partial charge is 0.0574 e. The molecule has 0 fully saturated rings. The number of rotatable bonds is 4. The van der Waals surface area contributed by atoms with Crippen molar-refractivity contribution in [2.24, 2.45) is 0 Å². The van der Waals surface area contributed by atoms with Gasteiger partial charge in [-0.05, 0) is 45.6 Å². The van der Waals surface area contributed by atoms with E-state index < -0.39 is 0 Å². The van der Waals surface area contributed by atoms with Gasteiger partial charge in [-0.15, -0.1) is 0 Å². The summed E-state index contributed by atoms with van der Waals surface area (Å²) in [6.07, 6.45) is 0. The Morgan fingerprint density at radius 1 is 1.40 bits per heavy atom. The van der Waals surface area contributed by atoms with Gasteiger partial charge in [0.1, 0.15) is 0 Å². The minimum atomic E-state index is 0.491. The van der Waals surface area contributed by atoms with Gasteiger partial charge >= 0.3 is 0 Å². The number of nitrogens with zero attached hydrogens (tertiary/aromatic N) is 1. The highest BCUT2D eigenvalue weighted by Gasteiger charge is 2.05. The van der Waals surface area contributed by atoms with E-state index in [1.54, 1.807) is 0 Å². The molecule has 0 spiro atoms. The molecule has 15 heavy (non-hydrogen) atoms. The van der Waals surface area contributed by atoms with Gasteiger partial charge in [-0.25, -0.2) is 0 Å². The fourth-order valence-electron chi connectivity index (χ4n) is 1.28. The van der Waals surface area contributed by atoms with Crippen LogP contribution in [0.3, 0.4) is 0 Å². The van der Waals surface area contributed by atoms with E-state index in [4.69, 9.17) is 5.73 Å². The predicted octanol–water partition coefficient (Wildman–Crippen LogP) is 1.94. The van der Waals surface area contributed by atoms with E-state index in [2.05, 4.69) is 37.3 Å². The van der Waals surface area contributed by atoms with Crippen LogP contribution in [-0.4, -0.2) is 31.6 Å². The molecule has 3 N–H and O–H groups in total. The molecule has 1 aromatic carbocycles. The van der Waals surface area contributed by atoms with Crippen molar-refractivity contribution in [1.82, 2.24) is 4.90 Å². The van der Waals surface area contributed by atoms with E-state index in [1.807, 2.05) is 19.1 Å². The van der Waals surface area contributed by atoms with Crippen molar-refractivity contribution in [3.05, 3.63) is 23.8 Å². The highest BCUT2D eigenvalue weighted by molar-refractivity contribution is 5.66. The lowest BCUT2D eigenvalue weighted by molar-refractivity contribution is 0.326. The van der Waals surface area contributed by atoms with Crippen LogP contribution in [0.5, 0.6) is 0 Å². The molecule has 3 nitrogen and oxygen atoms in total. The molecule has 0 aromatic heterocycles. The molecule has 0 radical (unpaired) electrons. The number of aryl methyl sites for hydroxylation is 1. The second kappa shape index (κ2) is 5.03. The molecule has 1 aromatic rings. The van der Waals surface area contributed by atoms with Crippen molar-refractivity contribution in [1.29, 1.82) is 0 Å². The Hall–Kier alpha value is -1.22. The molecule has 1 unspecified atom stereocenters. The van der Waals surface area contributed by atoms with Gasteiger partial charge in [0.25, 0.3) is 0 Å². The Morgan fingerprint density at radius 3 is 2.60 bits per heavy atom. The van der Waals surface area contributed by atoms with Crippen LogP contribution >= 0.6 is 0 Å². The second-order valence-corrected chi connectivity index (χ2v) is 4.28. The van der Waals surface area contributed by atoms with Gasteiger partial charge in [0.15, 0.2) is 0 Å². The minimum Gasteiger partial charge on any atom is -0.397 e. The molecule has 0 bridgehead atoms. The third kappa shape index (κ3) is 3.44. The number of hydrogen-bond acceptors (Lipinski definition) is 3. The maximum Gasteiger partial charge on any atom is 0.0574 e. The van der Waals surface area contributed by atoms with E-state index in [0.29, 0.717) is 6.04 Å². The predicted molar refractivity (Wildman–Crippen MR) is 67.2 cm³/mol. The van der Waals surface area contributed by atoms with Crippen LogP contribution in [0.25, 0.3) is 0 Å². The summed E-state index contributed by atoms with van der Waals surface area (Å²) in [6.45, 7) is 5.13. The zero-order valence-corrected chi connectivity index (χ0v) is 10.0. The Morgan fingerprint density at radius 2 is 2.07 bits per heavy atom. The highest BCUT2D eigenvalue weighted by Crippen LogP contribution is 2.19. The standard InChI is InChI=1S/C12H21N3/c1-9-5-6-12(11(13)7-9)14-8-10(2)15(3)4/h5-7,10,14H,8,13H2,1-4H3. The Bertz CT molecular complexity index is 321. The summed E-state index contributed by atoms with van der Waals surface area (Å²) in [7, 11) is 4.15. The topological polar surface area (TPSA) is 41.3 Å². The molecule has 1 rings (SSSR count). The van der Waals surface area contributed by atoms with E-state index in [-0.39, 0.29) is 0 Å².